The minimum Gasteiger partial charge on any atom is -0.496 e. The molecular formula is C17H18FNO2. The standard InChI is InChI=1S/C17H18FNO2/c1-10-5-6-13(14(18)7-10)16(20)8-15-12(3)17(21-4)11(2)9-19-15/h5-7,9H,8H2,1-4H3. The third-order valence-electron chi connectivity index (χ3n) is 3.50. The average molecular weight is 287 g/mol. The van der Waals surface area contributed by atoms with Gasteiger partial charge in [-0.15, -0.1) is 0 Å². The Morgan fingerprint density at radius 1 is 1.29 bits per heavy atom. The highest BCUT2D eigenvalue weighted by Crippen LogP contribution is 2.25. The molecule has 0 amide bonds. The third kappa shape index (κ3) is 3.10. The number of carbonyl (C=O) groups excluding carboxylic acids is 1. The Bertz CT molecular complexity index is 695. The van der Waals surface area contributed by atoms with Crippen molar-refractivity contribution in [2.45, 2.75) is 27.2 Å². The van der Waals surface area contributed by atoms with Crippen LogP contribution in [0.4, 0.5) is 4.39 Å². The molecule has 0 unspecified atom stereocenters. The Balaban J connectivity index is 2.32. The second-order valence-electron chi connectivity index (χ2n) is 5.13. The predicted molar refractivity (Wildman–Crippen MR) is 79.4 cm³/mol. The molecule has 21 heavy (non-hydrogen) atoms. The molecule has 2 aromatic rings. The fraction of sp³-hybridized carbons (Fsp3) is 0.294. The van der Waals surface area contributed by atoms with Crippen molar-refractivity contribution >= 4 is 5.78 Å². The molecule has 0 aliphatic heterocycles. The molecule has 0 radical (unpaired) electrons. The SMILES string of the molecule is COc1c(C)cnc(CC(=O)c2ccc(C)cc2F)c1C. The number of hydrogen-bond donors (Lipinski definition) is 0. The number of halogens is 1. The van der Waals surface area contributed by atoms with Crippen molar-refractivity contribution in [3.05, 3.63) is 58.2 Å². The van der Waals surface area contributed by atoms with Gasteiger partial charge >= 0.3 is 0 Å². The van der Waals surface area contributed by atoms with E-state index in [0.29, 0.717) is 5.69 Å². The van der Waals surface area contributed by atoms with Gasteiger partial charge in [0.1, 0.15) is 11.6 Å². The molecule has 0 N–H and O–H groups in total. The largest absolute Gasteiger partial charge is 0.496 e. The van der Waals surface area contributed by atoms with Crippen molar-refractivity contribution in [1.29, 1.82) is 0 Å². The maximum atomic E-state index is 13.8. The van der Waals surface area contributed by atoms with E-state index in [0.717, 1.165) is 22.4 Å². The molecule has 1 aromatic heterocycles. The first kappa shape index (κ1) is 15.2. The Hall–Kier alpha value is -2.23. The number of aryl methyl sites for hydroxylation is 2. The number of hydrogen-bond acceptors (Lipinski definition) is 3. The van der Waals surface area contributed by atoms with Crippen molar-refractivity contribution < 1.29 is 13.9 Å². The number of nitrogens with zero attached hydrogens (tertiary/aromatic N) is 1. The summed E-state index contributed by atoms with van der Waals surface area (Å²) >= 11 is 0. The second-order valence-corrected chi connectivity index (χ2v) is 5.13. The molecule has 0 fully saturated rings. The van der Waals surface area contributed by atoms with Crippen LogP contribution in [0.5, 0.6) is 5.75 Å². The zero-order valence-corrected chi connectivity index (χ0v) is 12.7. The van der Waals surface area contributed by atoms with Crippen molar-refractivity contribution in [1.82, 2.24) is 4.98 Å². The monoisotopic (exact) mass is 287 g/mol. The van der Waals surface area contributed by atoms with E-state index in [1.165, 1.54) is 12.1 Å². The lowest BCUT2D eigenvalue weighted by atomic mass is 10.0. The van der Waals surface area contributed by atoms with E-state index in [4.69, 9.17) is 4.74 Å². The summed E-state index contributed by atoms with van der Waals surface area (Å²) in [7, 11) is 1.58. The molecule has 0 spiro atoms. The van der Waals surface area contributed by atoms with Crippen LogP contribution in [0.2, 0.25) is 0 Å². The van der Waals surface area contributed by atoms with Gasteiger partial charge < -0.3 is 4.74 Å². The van der Waals surface area contributed by atoms with E-state index in [2.05, 4.69) is 4.98 Å². The van der Waals surface area contributed by atoms with E-state index in [9.17, 15) is 9.18 Å². The molecule has 0 saturated carbocycles. The average Bonchev–Trinajstić information content (AvgIpc) is 2.42. The lowest BCUT2D eigenvalue weighted by Crippen LogP contribution is -2.10. The van der Waals surface area contributed by atoms with Gasteiger partial charge in [0, 0.05) is 17.3 Å². The Kier molecular flexibility index (Phi) is 4.36. The first-order valence-electron chi connectivity index (χ1n) is 6.72. The number of benzene rings is 1. The molecule has 0 aliphatic carbocycles. The number of ketones is 1. The summed E-state index contributed by atoms with van der Waals surface area (Å²) in [6, 6.07) is 4.61. The summed E-state index contributed by atoms with van der Waals surface area (Å²) in [6.45, 7) is 5.53. The van der Waals surface area contributed by atoms with Crippen LogP contribution < -0.4 is 4.74 Å². The minimum atomic E-state index is -0.489. The summed E-state index contributed by atoms with van der Waals surface area (Å²) in [4.78, 5) is 16.5. The van der Waals surface area contributed by atoms with Gasteiger partial charge in [0.25, 0.3) is 0 Å². The number of ether oxygens (including phenoxy) is 1. The van der Waals surface area contributed by atoms with Crippen molar-refractivity contribution in [3.63, 3.8) is 0 Å². The smallest absolute Gasteiger partial charge is 0.171 e. The van der Waals surface area contributed by atoms with E-state index in [-0.39, 0.29) is 17.8 Å². The fourth-order valence-corrected chi connectivity index (χ4v) is 2.34. The molecule has 0 aliphatic rings. The zero-order chi connectivity index (χ0) is 15.6. The summed E-state index contributed by atoms with van der Waals surface area (Å²) < 4.78 is 19.2. The van der Waals surface area contributed by atoms with Crippen LogP contribution in [-0.4, -0.2) is 17.9 Å². The van der Waals surface area contributed by atoms with E-state index in [1.807, 2.05) is 13.8 Å². The number of Topliss-reactive ketones (excluding diaryl/α,β-unsaturated/α-hetero) is 1. The van der Waals surface area contributed by atoms with Crippen LogP contribution in [-0.2, 0) is 6.42 Å². The second kappa shape index (κ2) is 6.04. The van der Waals surface area contributed by atoms with Crippen LogP contribution in [0.15, 0.2) is 24.4 Å². The van der Waals surface area contributed by atoms with Gasteiger partial charge in [0.15, 0.2) is 5.78 Å². The summed E-state index contributed by atoms with van der Waals surface area (Å²) in [5, 5.41) is 0. The number of rotatable bonds is 4. The first-order valence-corrected chi connectivity index (χ1v) is 6.72. The normalized spacial score (nSPS) is 10.5. The van der Waals surface area contributed by atoms with Gasteiger partial charge in [-0.1, -0.05) is 6.07 Å². The topological polar surface area (TPSA) is 39.2 Å². The molecule has 110 valence electrons. The maximum absolute atomic E-state index is 13.8. The van der Waals surface area contributed by atoms with Crippen LogP contribution in [0.25, 0.3) is 0 Å². The van der Waals surface area contributed by atoms with Crippen LogP contribution in [0, 0.1) is 26.6 Å². The molecular weight excluding hydrogens is 269 g/mol. The highest BCUT2D eigenvalue weighted by molar-refractivity contribution is 5.97. The molecule has 1 heterocycles. The lowest BCUT2D eigenvalue weighted by Gasteiger charge is -2.12. The van der Waals surface area contributed by atoms with E-state index >= 15 is 0 Å². The van der Waals surface area contributed by atoms with Crippen LogP contribution in [0.1, 0.15) is 32.7 Å². The van der Waals surface area contributed by atoms with Crippen molar-refractivity contribution in [2.75, 3.05) is 7.11 Å². The Morgan fingerprint density at radius 3 is 2.62 bits per heavy atom. The van der Waals surface area contributed by atoms with Crippen LogP contribution in [0.3, 0.4) is 0 Å². The zero-order valence-electron chi connectivity index (χ0n) is 12.7. The van der Waals surface area contributed by atoms with Crippen LogP contribution >= 0.6 is 0 Å². The van der Waals surface area contributed by atoms with Crippen molar-refractivity contribution in [3.8, 4) is 5.75 Å². The molecule has 1 aromatic carbocycles. The number of carbonyl (C=O) groups is 1. The van der Waals surface area contributed by atoms with Gasteiger partial charge in [-0.05, 0) is 38.5 Å². The van der Waals surface area contributed by atoms with Gasteiger partial charge in [-0.25, -0.2) is 4.39 Å². The summed E-state index contributed by atoms with van der Waals surface area (Å²) in [5.41, 5.74) is 3.23. The summed E-state index contributed by atoms with van der Waals surface area (Å²) in [5.74, 6) is -0.0529. The Morgan fingerprint density at radius 2 is 2.00 bits per heavy atom. The summed E-state index contributed by atoms with van der Waals surface area (Å²) in [6.07, 6.45) is 1.72. The van der Waals surface area contributed by atoms with Gasteiger partial charge in [-0.2, -0.15) is 0 Å². The number of pyridine rings is 1. The lowest BCUT2D eigenvalue weighted by molar-refractivity contribution is 0.0988. The quantitative estimate of drug-likeness (QED) is 0.807. The van der Waals surface area contributed by atoms with Gasteiger partial charge in [0.05, 0.1) is 24.8 Å². The number of methoxy groups -OCH3 is 1. The minimum absolute atomic E-state index is 0.0580. The molecule has 0 bridgehead atoms. The van der Waals surface area contributed by atoms with Gasteiger partial charge in [-0.3, -0.25) is 9.78 Å². The van der Waals surface area contributed by atoms with E-state index < -0.39 is 5.82 Å². The Labute approximate surface area is 123 Å². The maximum Gasteiger partial charge on any atom is 0.171 e. The molecule has 0 atom stereocenters. The highest BCUT2D eigenvalue weighted by atomic mass is 19.1. The molecule has 4 heteroatoms. The molecule has 2 rings (SSSR count). The molecule has 3 nitrogen and oxygen atoms in total. The fourth-order valence-electron chi connectivity index (χ4n) is 2.34. The van der Waals surface area contributed by atoms with Gasteiger partial charge in [0.2, 0.25) is 0 Å². The first-order chi connectivity index (χ1) is 9.93. The van der Waals surface area contributed by atoms with Crippen molar-refractivity contribution in [2.24, 2.45) is 0 Å². The van der Waals surface area contributed by atoms with E-state index in [1.54, 1.807) is 26.3 Å². The highest BCUT2D eigenvalue weighted by Gasteiger charge is 2.16. The third-order valence-corrected chi connectivity index (χ3v) is 3.50. The molecule has 0 saturated heterocycles. The number of aromatic nitrogens is 1. The predicted octanol–water partition coefficient (Wildman–Crippen LogP) is 3.58.